The summed E-state index contributed by atoms with van der Waals surface area (Å²) in [6.45, 7) is 11.0. The molecule has 0 saturated carbocycles. The van der Waals surface area contributed by atoms with Crippen LogP contribution in [0.3, 0.4) is 0 Å². The van der Waals surface area contributed by atoms with Gasteiger partial charge in [0.2, 0.25) is 20.0 Å². The van der Waals surface area contributed by atoms with Gasteiger partial charge in [0.15, 0.2) is 0 Å². The molecule has 0 amide bonds. The lowest BCUT2D eigenvalue weighted by molar-refractivity contribution is 0.452. The Balaban J connectivity index is 2.96. The van der Waals surface area contributed by atoms with Crippen molar-refractivity contribution in [2.24, 2.45) is 0 Å². The molecule has 1 rings (SSSR count). The Morgan fingerprint density at radius 2 is 1.56 bits per heavy atom. The van der Waals surface area contributed by atoms with E-state index in [1.165, 1.54) is 14.7 Å². The second-order valence-corrected chi connectivity index (χ2v) is 9.62. The first kappa shape index (κ1) is 23.1. The van der Waals surface area contributed by atoms with E-state index in [9.17, 15) is 16.8 Å². The van der Waals surface area contributed by atoms with Crippen LogP contribution in [-0.4, -0.2) is 51.6 Å². The van der Waals surface area contributed by atoms with Crippen molar-refractivity contribution in [3.63, 3.8) is 0 Å². The van der Waals surface area contributed by atoms with Gasteiger partial charge < -0.3 is 0 Å². The predicted octanol–water partition coefficient (Wildman–Crippen LogP) is 2.36. The van der Waals surface area contributed by atoms with Crippen molar-refractivity contribution in [3.05, 3.63) is 54.5 Å². The molecule has 0 heterocycles. The van der Waals surface area contributed by atoms with Gasteiger partial charge in [-0.1, -0.05) is 49.1 Å². The van der Waals surface area contributed by atoms with Gasteiger partial charge in [-0.2, -0.15) is 8.61 Å². The number of aryl methyl sites for hydroxylation is 1. The van der Waals surface area contributed by atoms with Crippen LogP contribution in [0.15, 0.2) is 53.8 Å². The van der Waals surface area contributed by atoms with Crippen molar-refractivity contribution < 1.29 is 16.8 Å². The molecule has 8 heteroatoms. The van der Waals surface area contributed by atoms with Gasteiger partial charge in [0, 0.05) is 18.5 Å². The SMILES string of the molecule is C=CCN(CC#CCN(CCC)S(=O)(=O)C=C)S(=O)(=O)c1ccc(C)cc1. The molecule has 0 radical (unpaired) electrons. The Bertz CT molecular complexity index is 909. The average Bonchev–Trinajstić information content (AvgIpc) is 2.63. The Hall–Kier alpha value is -1.92. The highest BCUT2D eigenvalue weighted by Crippen LogP contribution is 2.16. The van der Waals surface area contributed by atoms with Crippen LogP contribution in [0.2, 0.25) is 0 Å². The summed E-state index contributed by atoms with van der Waals surface area (Å²) in [7, 11) is -7.27. The van der Waals surface area contributed by atoms with E-state index < -0.39 is 20.0 Å². The number of sulfonamides is 2. The van der Waals surface area contributed by atoms with Crippen molar-refractivity contribution in [2.45, 2.75) is 25.2 Å². The van der Waals surface area contributed by atoms with Crippen molar-refractivity contribution in [3.8, 4) is 11.8 Å². The third kappa shape index (κ3) is 6.63. The van der Waals surface area contributed by atoms with E-state index in [1.807, 2.05) is 13.8 Å². The van der Waals surface area contributed by atoms with Crippen LogP contribution in [0.25, 0.3) is 0 Å². The highest BCUT2D eigenvalue weighted by atomic mass is 32.2. The third-order valence-electron chi connectivity index (χ3n) is 3.67. The molecule has 0 aromatic heterocycles. The minimum absolute atomic E-state index is 0.0191. The minimum atomic E-state index is -3.71. The first-order valence-electron chi connectivity index (χ1n) is 8.45. The van der Waals surface area contributed by atoms with Crippen molar-refractivity contribution in [2.75, 3.05) is 26.2 Å². The van der Waals surface area contributed by atoms with Gasteiger partial charge in [-0.25, -0.2) is 16.8 Å². The molecule has 1 aromatic rings. The normalized spacial score (nSPS) is 11.9. The predicted molar refractivity (Wildman–Crippen MR) is 109 cm³/mol. The van der Waals surface area contributed by atoms with Crippen LogP contribution in [0, 0.1) is 18.8 Å². The fraction of sp³-hybridized carbons (Fsp3) is 0.368. The topological polar surface area (TPSA) is 74.8 Å². The first-order chi connectivity index (χ1) is 12.7. The highest BCUT2D eigenvalue weighted by molar-refractivity contribution is 7.92. The fourth-order valence-corrected chi connectivity index (χ4v) is 4.40. The maximum atomic E-state index is 12.8. The molecule has 0 bridgehead atoms. The Morgan fingerprint density at radius 3 is 2.04 bits per heavy atom. The summed E-state index contributed by atoms with van der Waals surface area (Å²) in [5, 5.41) is 0.885. The van der Waals surface area contributed by atoms with Gasteiger partial charge in [-0.05, 0) is 25.5 Å². The molecule has 0 fully saturated rings. The molecule has 0 aliphatic rings. The Labute approximate surface area is 163 Å². The number of hydrogen-bond donors (Lipinski definition) is 0. The van der Waals surface area contributed by atoms with Crippen LogP contribution < -0.4 is 0 Å². The van der Waals surface area contributed by atoms with E-state index in [0.717, 1.165) is 11.0 Å². The Kier molecular flexibility index (Phi) is 8.93. The first-order valence-corrected chi connectivity index (χ1v) is 11.4. The highest BCUT2D eigenvalue weighted by Gasteiger charge is 2.22. The van der Waals surface area contributed by atoms with Crippen LogP contribution in [0.4, 0.5) is 0 Å². The van der Waals surface area contributed by atoms with Gasteiger partial charge in [-0.15, -0.1) is 6.58 Å². The third-order valence-corrected chi connectivity index (χ3v) is 6.95. The van der Waals surface area contributed by atoms with Gasteiger partial charge in [0.1, 0.15) is 0 Å². The smallest absolute Gasteiger partial charge is 0.207 e. The van der Waals surface area contributed by atoms with E-state index >= 15 is 0 Å². The molecule has 0 unspecified atom stereocenters. The van der Waals surface area contributed by atoms with Crippen molar-refractivity contribution in [1.29, 1.82) is 0 Å². The summed E-state index contributed by atoms with van der Waals surface area (Å²) in [5.41, 5.74) is 0.962. The van der Waals surface area contributed by atoms with Gasteiger partial charge in [0.25, 0.3) is 0 Å². The fourth-order valence-electron chi connectivity index (χ4n) is 2.19. The molecule has 1 aromatic carbocycles. The lowest BCUT2D eigenvalue weighted by Gasteiger charge is -2.18. The summed E-state index contributed by atoms with van der Waals surface area (Å²) in [4.78, 5) is 0.179. The zero-order valence-electron chi connectivity index (χ0n) is 15.8. The summed E-state index contributed by atoms with van der Waals surface area (Å²) in [6.07, 6.45) is 2.12. The van der Waals surface area contributed by atoms with Crippen LogP contribution in [0.5, 0.6) is 0 Å². The van der Waals surface area contributed by atoms with Crippen LogP contribution in [-0.2, 0) is 20.0 Å². The number of hydrogen-bond acceptors (Lipinski definition) is 4. The minimum Gasteiger partial charge on any atom is -0.207 e. The molecule has 27 heavy (non-hydrogen) atoms. The molecule has 0 atom stereocenters. The maximum absolute atomic E-state index is 12.8. The molecule has 6 nitrogen and oxygen atoms in total. The molecular formula is C19H26N2O4S2. The number of benzene rings is 1. The van der Waals surface area contributed by atoms with Crippen LogP contribution in [0.1, 0.15) is 18.9 Å². The monoisotopic (exact) mass is 410 g/mol. The summed E-state index contributed by atoms with van der Waals surface area (Å²) < 4.78 is 51.8. The quantitative estimate of drug-likeness (QED) is 0.438. The summed E-state index contributed by atoms with van der Waals surface area (Å²) >= 11 is 0. The van der Waals surface area contributed by atoms with E-state index in [-0.39, 0.29) is 24.5 Å². The molecule has 0 spiro atoms. The van der Waals surface area contributed by atoms with Crippen molar-refractivity contribution >= 4 is 20.0 Å². The lowest BCUT2D eigenvalue weighted by atomic mass is 10.2. The number of nitrogens with zero attached hydrogens (tertiary/aromatic N) is 2. The molecule has 148 valence electrons. The second-order valence-electron chi connectivity index (χ2n) is 5.80. The average molecular weight is 411 g/mol. The molecular weight excluding hydrogens is 384 g/mol. The number of rotatable bonds is 10. The van der Waals surface area contributed by atoms with E-state index in [1.54, 1.807) is 24.3 Å². The molecule has 0 aliphatic carbocycles. The summed E-state index contributed by atoms with van der Waals surface area (Å²) in [6, 6.07) is 6.56. The van der Waals surface area contributed by atoms with E-state index in [2.05, 4.69) is 25.0 Å². The Morgan fingerprint density at radius 1 is 1.00 bits per heavy atom. The largest absolute Gasteiger partial charge is 0.244 e. The second kappa shape index (κ2) is 10.4. The lowest BCUT2D eigenvalue weighted by Crippen LogP contribution is -2.32. The zero-order chi connectivity index (χ0) is 20.5. The van der Waals surface area contributed by atoms with E-state index in [0.29, 0.717) is 13.0 Å². The van der Waals surface area contributed by atoms with E-state index in [4.69, 9.17) is 0 Å². The van der Waals surface area contributed by atoms with Gasteiger partial charge in [0.05, 0.1) is 18.0 Å². The van der Waals surface area contributed by atoms with Gasteiger partial charge >= 0.3 is 0 Å². The maximum Gasteiger partial charge on any atom is 0.244 e. The van der Waals surface area contributed by atoms with Gasteiger partial charge in [-0.3, -0.25) is 0 Å². The van der Waals surface area contributed by atoms with Crippen LogP contribution >= 0.6 is 0 Å². The summed E-state index contributed by atoms with van der Waals surface area (Å²) in [5.74, 6) is 5.49. The zero-order valence-corrected chi connectivity index (χ0v) is 17.4. The molecule has 0 aliphatic heterocycles. The molecule has 0 N–H and O–H groups in total. The molecule has 0 saturated heterocycles. The standard InChI is InChI=1S/C19H26N2O4S2/c1-5-14-20(26(22,23)7-3)16-8-9-17-21(15-6-2)27(24,25)19-12-10-18(4)11-13-19/h6-7,10-13H,2-3,5,14-17H2,1,4H3. The van der Waals surface area contributed by atoms with Crippen molar-refractivity contribution in [1.82, 2.24) is 8.61 Å².